The Kier molecular flexibility index (Phi) is 4.63. The molecule has 1 N–H and O–H groups in total. The van der Waals surface area contributed by atoms with Gasteiger partial charge >= 0.3 is 11.9 Å². The molecule has 0 spiro atoms. The average Bonchev–Trinajstić information content (AvgIpc) is 2.38. The molecule has 0 aromatic carbocycles. The van der Waals surface area contributed by atoms with E-state index < -0.39 is 24.1 Å². The molecule has 0 saturated heterocycles. The molecule has 0 unspecified atom stereocenters. The number of carbonyl (C=O) groups is 2. The van der Waals surface area contributed by atoms with Crippen molar-refractivity contribution in [1.82, 2.24) is 0 Å². The van der Waals surface area contributed by atoms with Crippen LogP contribution in [0.25, 0.3) is 0 Å². The van der Waals surface area contributed by atoms with Crippen molar-refractivity contribution in [2.45, 2.75) is 19.1 Å². The van der Waals surface area contributed by atoms with Gasteiger partial charge in [-0.15, -0.1) is 0 Å². The highest BCUT2D eigenvalue weighted by molar-refractivity contribution is 6.04. The van der Waals surface area contributed by atoms with E-state index in [0.717, 1.165) is 0 Å². The Labute approximate surface area is 105 Å². The van der Waals surface area contributed by atoms with Crippen molar-refractivity contribution in [2.75, 3.05) is 21.3 Å². The fourth-order valence-corrected chi connectivity index (χ4v) is 1.85. The monoisotopic (exact) mass is 256 g/mol. The Hall–Kier alpha value is -1.66. The lowest BCUT2D eigenvalue weighted by molar-refractivity contribution is -0.141. The van der Waals surface area contributed by atoms with Gasteiger partial charge < -0.3 is 19.3 Å². The summed E-state index contributed by atoms with van der Waals surface area (Å²) in [5.74, 6) is -1.48. The zero-order valence-corrected chi connectivity index (χ0v) is 10.7. The van der Waals surface area contributed by atoms with Crippen LogP contribution in [0.5, 0.6) is 0 Å². The van der Waals surface area contributed by atoms with E-state index >= 15 is 0 Å². The maximum atomic E-state index is 11.7. The number of hydrogen-bond donors (Lipinski definition) is 1. The first kappa shape index (κ1) is 14.4. The van der Waals surface area contributed by atoms with Gasteiger partial charge in [-0.3, -0.25) is 0 Å². The van der Waals surface area contributed by atoms with E-state index in [9.17, 15) is 14.7 Å². The molecule has 0 aromatic rings. The number of aliphatic hydroxyl groups is 1. The highest BCUT2D eigenvalue weighted by Gasteiger charge is 2.37. The van der Waals surface area contributed by atoms with E-state index in [1.807, 2.05) is 0 Å². The van der Waals surface area contributed by atoms with Crippen molar-refractivity contribution < 1.29 is 28.9 Å². The molecule has 18 heavy (non-hydrogen) atoms. The van der Waals surface area contributed by atoms with Gasteiger partial charge in [-0.1, -0.05) is 0 Å². The van der Waals surface area contributed by atoms with Gasteiger partial charge in [-0.05, 0) is 18.6 Å². The Morgan fingerprint density at radius 2 is 1.72 bits per heavy atom. The Morgan fingerprint density at radius 3 is 2.17 bits per heavy atom. The summed E-state index contributed by atoms with van der Waals surface area (Å²) in [6.45, 7) is 1.63. The van der Waals surface area contributed by atoms with Gasteiger partial charge in [0.15, 0.2) is 0 Å². The summed E-state index contributed by atoms with van der Waals surface area (Å²) in [6, 6.07) is 0. The summed E-state index contributed by atoms with van der Waals surface area (Å²) < 4.78 is 14.2. The molecule has 0 aromatic heterocycles. The number of rotatable bonds is 3. The lowest BCUT2D eigenvalue weighted by atomic mass is 9.87. The summed E-state index contributed by atoms with van der Waals surface area (Å²) in [4.78, 5) is 23.4. The van der Waals surface area contributed by atoms with Crippen LogP contribution in [-0.4, -0.2) is 50.6 Å². The molecular formula is C12H16O6. The van der Waals surface area contributed by atoms with Gasteiger partial charge in [0.25, 0.3) is 0 Å². The second-order valence-electron chi connectivity index (χ2n) is 3.77. The van der Waals surface area contributed by atoms with Crippen LogP contribution in [0.1, 0.15) is 6.92 Å². The molecule has 6 heteroatoms. The first-order valence-corrected chi connectivity index (χ1v) is 5.28. The smallest absolute Gasteiger partial charge is 0.338 e. The Bertz CT molecular complexity index is 420. The van der Waals surface area contributed by atoms with Crippen molar-refractivity contribution in [2.24, 2.45) is 0 Å². The number of methoxy groups -OCH3 is 3. The third-order valence-electron chi connectivity index (χ3n) is 2.75. The van der Waals surface area contributed by atoms with Gasteiger partial charge in [0.1, 0.15) is 12.2 Å². The second-order valence-corrected chi connectivity index (χ2v) is 3.77. The minimum absolute atomic E-state index is 0.0187. The van der Waals surface area contributed by atoms with Gasteiger partial charge in [-0.2, -0.15) is 0 Å². The molecular weight excluding hydrogens is 240 g/mol. The quantitative estimate of drug-likeness (QED) is 0.714. The fourth-order valence-electron chi connectivity index (χ4n) is 1.85. The predicted molar refractivity (Wildman–Crippen MR) is 61.6 cm³/mol. The molecule has 0 fully saturated rings. The average molecular weight is 256 g/mol. The predicted octanol–water partition coefficient (Wildman–Crippen LogP) is -0.0352. The Balaban J connectivity index is 3.37. The lowest BCUT2D eigenvalue weighted by Gasteiger charge is -2.27. The SMILES string of the molecule is COC(=O)C1=C(C(=O)OC)[C@H](O)[C@H](OC)C=C1C. The van der Waals surface area contributed by atoms with Crippen molar-refractivity contribution in [3.63, 3.8) is 0 Å². The van der Waals surface area contributed by atoms with Gasteiger partial charge in [0.2, 0.25) is 0 Å². The van der Waals surface area contributed by atoms with Crippen LogP contribution in [0.2, 0.25) is 0 Å². The molecule has 1 aliphatic rings. The normalized spacial score (nSPS) is 23.5. The maximum absolute atomic E-state index is 11.7. The van der Waals surface area contributed by atoms with Gasteiger partial charge in [0, 0.05) is 7.11 Å². The topological polar surface area (TPSA) is 82.1 Å². The molecule has 0 bridgehead atoms. The molecule has 6 nitrogen and oxygen atoms in total. The van der Waals surface area contributed by atoms with Crippen molar-refractivity contribution in [3.8, 4) is 0 Å². The number of esters is 2. The minimum Gasteiger partial charge on any atom is -0.466 e. The largest absolute Gasteiger partial charge is 0.466 e. The van der Waals surface area contributed by atoms with Crippen molar-refractivity contribution in [3.05, 3.63) is 22.8 Å². The summed E-state index contributed by atoms with van der Waals surface area (Å²) >= 11 is 0. The molecule has 2 atom stereocenters. The van der Waals surface area contributed by atoms with Crippen LogP contribution in [0, 0.1) is 0 Å². The summed E-state index contributed by atoms with van der Waals surface area (Å²) in [7, 11) is 3.77. The standard InChI is InChI=1S/C12H16O6/c1-6-5-7(16-2)10(13)9(12(15)18-4)8(6)11(14)17-3/h5,7,10,13H,1-4H3/t7-,10-/m1/s1. The van der Waals surface area contributed by atoms with Crippen molar-refractivity contribution >= 4 is 11.9 Å². The van der Waals surface area contributed by atoms with Crippen LogP contribution in [0.4, 0.5) is 0 Å². The molecule has 0 saturated carbocycles. The highest BCUT2D eigenvalue weighted by Crippen LogP contribution is 2.28. The number of aliphatic hydroxyl groups excluding tert-OH is 1. The zero-order valence-electron chi connectivity index (χ0n) is 10.7. The number of hydrogen-bond acceptors (Lipinski definition) is 6. The third kappa shape index (κ3) is 2.44. The number of ether oxygens (including phenoxy) is 3. The van der Waals surface area contributed by atoms with Crippen LogP contribution in [0.15, 0.2) is 22.8 Å². The molecule has 0 radical (unpaired) electrons. The maximum Gasteiger partial charge on any atom is 0.338 e. The molecule has 100 valence electrons. The third-order valence-corrected chi connectivity index (χ3v) is 2.75. The van der Waals surface area contributed by atoms with E-state index in [1.54, 1.807) is 13.0 Å². The summed E-state index contributed by atoms with van der Waals surface area (Å²) in [5.41, 5.74) is 0.376. The van der Waals surface area contributed by atoms with Crippen LogP contribution < -0.4 is 0 Å². The van der Waals surface area contributed by atoms with E-state index in [4.69, 9.17) is 4.74 Å². The molecule has 1 rings (SSSR count). The fraction of sp³-hybridized carbons (Fsp3) is 0.500. The van der Waals surface area contributed by atoms with E-state index in [2.05, 4.69) is 9.47 Å². The molecule has 0 amide bonds. The van der Waals surface area contributed by atoms with Gasteiger partial charge in [0.05, 0.1) is 25.4 Å². The molecule has 0 aliphatic heterocycles. The number of carbonyl (C=O) groups excluding carboxylic acids is 2. The van der Waals surface area contributed by atoms with Crippen LogP contribution in [0.3, 0.4) is 0 Å². The van der Waals surface area contributed by atoms with Crippen LogP contribution in [-0.2, 0) is 23.8 Å². The second kappa shape index (κ2) is 5.79. The zero-order chi connectivity index (χ0) is 13.9. The molecule has 0 heterocycles. The Morgan fingerprint density at radius 1 is 1.17 bits per heavy atom. The van der Waals surface area contributed by atoms with Gasteiger partial charge in [-0.25, -0.2) is 9.59 Å². The first-order valence-electron chi connectivity index (χ1n) is 5.28. The summed E-state index contributed by atoms with van der Waals surface area (Å²) in [5, 5.41) is 10.0. The lowest BCUT2D eigenvalue weighted by Crippen LogP contribution is -2.37. The minimum atomic E-state index is -1.26. The van der Waals surface area contributed by atoms with Crippen molar-refractivity contribution in [1.29, 1.82) is 0 Å². The molecule has 1 aliphatic carbocycles. The first-order chi connectivity index (χ1) is 8.47. The van der Waals surface area contributed by atoms with Crippen LogP contribution >= 0.6 is 0 Å². The highest BCUT2D eigenvalue weighted by atomic mass is 16.5. The summed E-state index contributed by atoms with van der Waals surface area (Å²) in [6.07, 6.45) is -0.406. The van der Waals surface area contributed by atoms with E-state index in [0.29, 0.717) is 5.57 Å². The van der Waals surface area contributed by atoms with E-state index in [-0.39, 0.29) is 11.1 Å². The van der Waals surface area contributed by atoms with E-state index in [1.165, 1.54) is 21.3 Å².